The number of aliphatic carboxylic acids is 1. The van der Waals surface area contributed by atoms with Crippen molar-refractivity contribution in [3.63, 3.8) is 0 Å². The number of carbonyl (C=O) groups excluding carboxylic acids is 1. The highest BCUT2D eigenvalue weighted by molar-refractivity contribution is 7.99. The molecule has 0 saturated carbocycles. The molecule has 1 aliphatic rings. The minimum absolute atomic E-state index is 0.103. The molecule has 138 valence electrons. The molecule has 6 nitrogen and oxygen atoms in total. The van der Waals surface area contributed by atoms with Crippen molar-refractivity contribution < 1.29 is 19.4 Å². The number of carbonyl (C=O) groups is 2. The highest BCUT2D eigenvalue weighted by atomic mass is 32.2. The Morgan fingerprint density at radius 3 is 2.62 bits per heavy atom. The molecule has 0 aliphatic carbocycles. The molecule has 1 aliphatic heterocycles. The normalized spacial score (nSPS) is 19.5. The smallest absolute Gasteiger partial charge is 0.330 e. The summed E-state index contributed by atoms with van der Waals surface area (Å²) in [7, 11) is 0. The number of ether oxygens (including phenoxy) is 1. The lowest BCUT2D eigenvalue weighted by Gasteiger charge is -2.23. The third-order valence-electron chi connectivity index (χ3n) is 3.99. The van der Waals surface area contributed by atoms with Gasteiger partial charge in [0.2, 0.25) is 0 Å². The van der Waals surface area contributed by atoms with Crippen LogP contribution in [0.5, 0.6) is 5.75 Å². The van der Waals surface area contributed by atoms with Crippen LogP contribution in [0.2, 0.25) is 0 Å². The fourth-order valence-electron chi connectivity index (χ4n) is 2.63. The molecule has 1 saturated heterocycles. The fourth-order valence-corrected chi connectivity index (χ4v) is 4.76. The Kier molecular flexibility index (Phi) is 5.52. The van der Waals surface area contributed by atoms with Crippen LogP contribution in [-0.4, -0.2) is 45.1 Å². The maximum Gasteiger partial charge on any atom is 0.330 e. The Balaban J connectivity index is 1.73. The van der Waals surface area contributed by atoms with E-state index in [4.69, 9.17) is 4.74 Å². The van der Waals surface area contributed by atoms with Crippen molar-refractivity contribution in [3.05, 3.63) is 35.3 Å². The van der Waals surface area contributed by atoms with E-state index in [9.17, 15) is 14.7 Å². The van der Waals surface area contributed by atoms with Gasteiger partial charge in [-0.25, -0.2) is 9.78 Å². The molecule has 26 heavy (non-hydrogen) atoms. The zero-order chi connectivity index (χ0) is 18.7. The number of hydrogen-bond donors (Lipinski definition) is 2. The van der Waals surface area contributed by atoms with E-state index in [1.54, 1.807) is 5.38 Å². The van der Waals surface area contributed by atoms with Crippen LogP contribution in [0, 0.1) is 0 Å². The molecule has 1 amide bonds. The standard InChI is InChI=1S/C18H20N2O4S2/c1-11(2)24-13-5-3-12(4-6-13)16-19-14(9-26-16)15(21)20-18(17(22)23)7-8-25-10-18/h3-6,9,11H,7-8,10H2,1-2H3,(H,20,21)(H,22,23). The van der Waals surface area contributed by atoms with Crippen LogP contribution in [0.3, 0.4) is 0 Å². The predicted molar refractivity (Wildman–Crippen MR) is 103 cm³/mol. The molecule has 3 rings (SSSR count). The van der Waals surface area contributed by atoms with Crippen molar-refractivity contribution in [2.75, 3.05) is 11.5 Å². The largest absolute Gasteiger partial charge is 0.491 e. The highest BCUT2D eigenvalue weighted by Gasteiger charge is 2.43. The van der Waals surface area contributed by atoms with Gasteiger partial charge in [0.05, 0.1) is 6.10 Å². The number of nitrogens with one attached hydrogen (secondary N) is 1. The van der Waals surface area contributed by atoms with Crippen molar-refractivity contribution in [2.24, 2.45) is 0 Å². The quantitative estimate of drug-likeness (QED) is 0.784. The van der Waals surface area contributed by atoms with E-state index in [-0.39, 0.29) is 11.8 Å². The fraction of sp³-hybridized carbons (Fsp3) is 0.389. The summed E-state index contributed by atoms with van der Waals surface area (Å²) < 4.78 is 5.62. The van der Waals surface area contributed by atoms with E-state index < -0.39 is 17.4 Å². The molecule has 1 aromatic carbocycles. The number of amides is 1. The first-order chi connectivity index (χ1) is 12.4. The molecule has 1 unspecified atom stereocenters. The molecule has 0 radical (unpaired) electrons. The Morgan fingerprint density at radius 1 is 1.31 bits per heavy atom. The lowest BCUT2D eigenvalue weighted by Crippen LogP contribution is -2.54. The van der Waals surface area contributed by atoms with Crippen LogP contribution in [0.1, 0.15) is 30.8 Å². The number of benzene rings is 1. The Hall–Kier alpha value is -2.06. The third-order valence-corrected chi connectivity index (χ3v) is 6.07. The minimum atomic E-state index is -1.19. The number of carboxylic acids is 1. The minimum Gasteiger partial charge on any atom is -0.491 e. The molecule has 8 heteroatoms. The van der Waals surface area contributed by atoms with E-state index in [0.29, 0.717) is 17.2 Å². The number of hydrogen-bond acceptors (Lipinski definition) is 6. The van der Waals surface area contributed by atoms with Crippen molar-refractivity contribution in [3.8, 4) is 16.3 Å². The molecule has 0 bridgehead atoms. The molecule has 1 atom stereocenters. The maximum atomic E-state index is 12.5. The maximum absolute atomic E-state index is 12.5. The zero-order valence-electron chi connectivity index (χ0n) is 14.5. The molecular formula is C18H20N2O4S2. The van der Waals surface area contributed by atoms with E-state index in [1.807, 2.05) is 38.1 Å². The molecule has 2 N–H and O–H groups in total. The number of rotatable bonds is 6. The van der Waals surface area contributed by atoms with Gasteiger partial charge in [-0.3, -0.25) is 4.79 Å². The van der Waals surface area contributed by atoms with Crippen LogP contribution in [0.15, 0.2) is 29.6 Å². The lowest BCUT2D eigenvalue weighted by atomic mass is 9.99. The second-order valence-electron chi connectivity index (χ2n) is 6.37. The molecule has 2 heterocycles. The van der Waals surface area contributed by atoms with Crippen molar-refractivity contribution in [1.29, 1.82) is 0 Å². The molecular weight excluding hydrogens is 372 g/mol. The first kappa shape index (κ1) is 18.7. The second-order valence-corrected chi connectivity index (χ2v) is 8.34. The average Bonchev–Trinajstić information content (AvgIpc) is 3.25. The topological polar surface area (TPSA) is 88.5 Å². The molecule has 1 fully saturated rings. The Morgan fingerprint density at radius 2 is 2.04 bits per heavy atom. The first-order valence-electron chi connectivity index (χ1n) is 8.26. The van der Waals surface area contributed by atoms with Crippen molar-refractivity contribution in [1.82, 2.24) is 10.3 Å². The molecule has 1 aromatic heterocycles. The molecule has 2 aromatic rings. The summed E-state index contributed by atoms with van der Waals surface area (Å²) >= 11 is 2.88. The Labute approximate surface area is 160 Å². The van der Waals surface area contributed by atoms with Crippen LogP contribution in [-0.2, 0) is 4.79 Å². The summed E-state index contributed by atoms with van der Waals surface area (Å²) in [6.45, 7) is 3.93. The second kappa shape index (κ2) is 7.67. The van der Waals surface area contributed by atoms with E-state index in [2.05, 4.69) is 10.3 Å². The van der Waals surface area contributed by atoms with Crippen LogP contribution in [0.4, 0.5) is 0 Å². The zero-order valence-corrected chi connectivity index (χ0v) is 16.2. The monoisotopic (exact) mass is 392 g/mol. The van der Waals surface area contributed by atoms with Crippen molar-refractivity contribution >= 4 is 35.0 Å². The average molecular weight is 393 g/mol. The Bertz CT molecular complexity index is 796. The van der Waals surface area contributed by atoms with Crippen molar-refractivity contribution in [2.45, 2.75) is 31.9 Å². The van der Waals surface area contributed by atoms with Gasteiger partial charge in [0.25, 0.3) is 5.91 Å². The third kappa shape index (κ3) is 4.02. The number of thioether (sulfide) groups is 1. The predicted octanol–water partition coefficient (Wildman–Crippen LogP) is 3.29. The number of thiazole rings is 1. The van der Waals surface area contributed by atoms with E-state index in [1.165, 1.54) is 23.1 Å². The number of aromatic nitrogens is 1. The van der Waals surface area contributed by atoms with Gasteiger partial charge in [0, 0.05) is 16.7 Å². The summed E-state index contributed by atoms with van der Waals surface area (Å²) in [5.74, 6) is 0.437. The van der Waals surface area contributed by atoms with Crippen LogP contribution < -0.4 is 10.1 Å². The van der Waals surface area contributed by atoms with Gasteiger partial charge in [-0.2, -0.15) is 11.8 Å². The van der Waals surface area contributed by atoms with Gasteiger partial charge in [-0.1, -0.05) is 0 Å². The van der Waals surface area contributed by atoms with Gasteiger partial charge in [-0.15, -0.1) is 11.3 Å². The summed E-state index contributed by atoms with van der Waals surface area (Å²) in [6, 6.07) is 7.52. The van der Waals surface area contributed by atoms with Gasteiger partial charge in [-0.05, 0) is 50.3 Å². The van der Waals surface area contributed by atoms with Gasteiger partial charge in [0.15, 0.2) is 0 Å². The van der Waals surface area contributed by atoms with Crippen LogP contribution in [0.25, 0.3) is 10.6 Å². The summed E-state index contributed by atoms with van der Waals surface area (Å²) in [4.78, 5) is 28.4. The number of nitrogens with zero attached hydrogens (tertiary/aromatic N) is 1. The van der Waals surface area contributed by atoms with E-state index in [0.717, 1.165) is 17.1 Å². The highest BCUT2D eigenvalue weighted by Crippen LogP contribution is 2.30. The van der Waals surface area contributed by atoms with Crippen LogP contribution >= 0.6 is 23.1 Å². The van der Waals surface area contributed by atoms with Gasteiger partial charge >= 0.3 is 5.97 Å². The van der Waals surface area contributed by atoms with E-state index >= 15 is 0 Å². The summed E-state index contributed by atoms with van der Waals surface area (Å²) in [6.07, 6.45) is 0.527. The van der Waals surface area contributed by atoms with Gasteiger partial charge < -0.3 is 15.2 Å². The summed E-state index contributed by atoms with van der Waals surface area (Å²) in [5, 5.41) is 14.5. The first-order valence-corrected chi connectivity index (χ1v) is 10.3. The molecule has 0 spiro atoms. The lowest BCUT2D eigenvalue weighted by molar-refractivity contribution is -0.143. The SMILES string of the molecule is CC(C)Oc1ccc(-c2nc(C(=O)NC3(C(=O)O)CCSC3)cs2)cc1. The number of carboxylic acid groups (broad SMARTS) is 1. The summed E-state index contributed by atoms with van der Waals surface area (Å²) in [5.41, 5.74) is -0.0685. The van der Waals surface area contributed by atoms with Gasteiger partial charge in [0.1, 0.15) is 22.0 Å².